The van der Waals surface area contributed by atoms with Crippen molar-refractivity contribution in [2.45, 2.75) is 0 Å². The van der Waals surface area contributed by atoms with Gasteiger partial charge < -0.3 is 14.8 Å². The molecule has 1 N–H and O–H groups in total. The van der Waals surface area contributed by atoms with Crippen LogP contribution in [-0.4, -0.2) is 11.8 Å². The summed E-state index contributed by atoms with van der Waals surface area (Å²) in [6.45, 7) is 0.241. The van der Waals surface area contributed by atoms with E-state index in [1.54, 1.807) is 6.07 Å². The Kier molecular flexibility index (Phi) is 2.50. The second-order valence-electron chi connectivity index (χ2n) is 4.30. The Morgan fingerprint density at radius 1 is 1.15 bits per heavy atom. The first kappa shape index (κ1) is 11.5. The fourth-order valence-electron chi connectivity index (χ4n) is 2.07. The van der Waals surface area contributed by atoms with E-state index in [2.05, 4.69) is 10.3 Å². The van der Waals surface area contributed by atoms with E-state index < -0.39 is 0 Å². The summed E-state index contributed by atoms with van der Waals surface area (Å²) < 4.78 is 25.0. The van der Waals surface area contributed by atoms with Crippen LogP contribution in [0.15, 0.2) is 36.4 Å². The van der Waals surface area contributed by atoms with Gasteiger partial charge in [-0.1, -0.05) is 17.4 Å². The summed E-state index contributed by atoms with van der Waals surface area (Å²) in [6, 6.07) is 10.5. The first-order chi connectivity index (χ1) is 9.79. The van der Waals surface area contributed by atoms with Crippen LogP contribution in [0.4, 0.5) is 15.2 Å². The van der Waals surface area contributed by atoms with E-state index in [1.165, 1.54) is 17.4 Å². The molecule has 0 unspecified atom stereocenters. The lowest BCUT2D eigenvalue weighted by molar-refractivity contribution is 0.174. The number of aromatic nitrogens is 1. The molecule has 0 saturated carbocycles. The zero-order chi connectivity index (χ0) is 13.5. The number of nitrogens with zero attached hydrogens (tertiary/aromatic N) is 1. The first-order valence-corrected chi connectivity index (χ1v) is 6.83. The lowest BCUT2D eigenvalue weighted by Crippen LogP contribution is -1.93. The molecule has 0 atom stereocenters. The number of hydrogen-bond acceptors (Lipinski definition) is 5. The summed E-state index contributed by atoms with van der Waals surface area (Å²) in [5.41, 5.74) is 1.22. The maximum atomic E-state index is 13.6. The van der Waals surface area contributed by atoms with Gasteiger partial charge in [0.15, 0.2) is 16.6 Å². The minimum Gasteiger partial charge on any atom is -0.454 e. The van der Waals surface area contributed by atoms with Gasteiger partial charge in [-0.15, -0.1) is 0 Å². The van der Waals surface area contributed by atoms with Crippen LogP contribution in [0.25, 0.3) is 10.2 Å². The van der Waals surface area contributed by atoms with Gasteiger partial charge in [0.05, 0.1) is 4.70 Å². The van der Waals surface area contributed by atoms with E-state index in [-0.39, 0.29) is 12.6 Å². The van der Waals surface area contributed by atoms with E-state index >= 15 is 0 Å². The minimum absolute atomic E-state index is 0.241. The van der Waals surface area contributed by atoms with Gasteiger partial charge in [-0.25, -0.2) is 9.37 Å². The number of benzene rings is 2. The van der Waals surface area contributed by atoms with Crippen molar-refractivity contribution in [3.05, 3.63) is 42.2 Å². The van der Waals surface area contributed by atoms with Crippen LogP contribution in [-0.2, 0) is 0 Å². The van der Waals surface area contributed by atoms with Crippen molar-refractivity contribution in [3.63, 3.8) is 0 Å². The monoisotopic (exact) mass is 288 g/mol. The number of fused-ring (bicyclic) bond motifs is 2. The largest absolute Gasteiger partial charge is 0.454 e. The minimum atomic E-state index is -0.308. The fraction of sp³-hybridized carbons (Fsp3) is 0.0714. The SMILES string of the molecule is Fc1cccc2sc(Nc3ccc4c(c3)OCO4)nc12. The Hall–Kier alpha value is -2.34. The molecule has 4 rings (SSSR count). The van der Waals surface area contributed by atoms with E-state index in [0.29, 0.717) is 16.4 Å². The number of para-hydroxylation sites is 1. The molecule has 0 aliphatic carbocycles. The van der Waals surface area contributed by atoms with Crippen molar-refractivity contribution in [1.29, 1.82) is 0 Å². The molecule has 20 heavy (non-hydrogen) atoms. The van der Waals surface area contributed by atoms with Crippen molar-refractivity contribution in [2.75, 3.05) is 12.1 Å². The maximum Gasteiger partial charge on any atom is 0.231 e. The molecule has 0 radical (unpaired) electrons. The quantitative estimate of drug-likeness (QED) is 0.776. The van der Waals surface area contributed by atoms with Crippen LogP contribution in [0.3, 0.4) is 0 Å². The molecule has 0 amide bonds. The number of hydrogen-bond donors (Lipinski definition) is 1. The van der Waals surface area contributed by atoms with Crippen molar-refractivity contribution >= 4 is 32.4 Å². The molecule has 1 aliphatic heterocycles. The molecule has 0 saturated heterocycles. The van der Waals surface area contributed by atoms with Gasteiger partial charge in [-0.05, 0) is 24.3 Å². The normalized spacial score (nSPS) is 12.8. The van der Waals surface area contributed by atoms with Crippen LogP contribution in [0, 0.1) is 5.82 Å². The molecule has 4 nitrogen and oxygen atoms in total. The molecule has 1 aliphatic rings. The number of rotatable bonds is 2. The topological polar surface area (TPSA) is 43.4 Å². The number of thiazole rings is 1. The highest BCUT2D eigenvalue weighted by atomic mass is 32.1. The summed E-state index contributed by atoms with van der Waals surface area (Å²) in [7, 11) is 0. The van der Waals surface area contributed by atoms with Gasteiger partial charge in [0, 0.05) is 11.8 Å². The Balaban J connectivity index is 1.69. The van der Waals surface area contributed by atoms with Crippen molar-refractivity contribution in [3.8, 4) is 11.5 Å². The molecule has 100 valence electrons. The van der Waals surface area contributed by atoms with Crippen molar-refractivity contribution in [1.82, 2.24) is 4.98 Å². The zero-order valence-corrected chi connectivity index (χ0v) is 11.0. The second kappa shape index (κ2) is 4.35. The molecule has 0 fully saturated rings. The lowest BCUT2D eigenvalue weighted by atomic mass is 10.3. The molecular weight excluding hydrogens is 279 g/mol. The average molecular weight is 288 g/mol. The number of halogens is 1. The summed E-state index contributed by atoms with van der Waals surface area (Å²) >= 11 is 1.41. The lowest BCUT2D eigenvalue weighted by Gasteiger charge is -2.03. The summed E-state index contributed by atoms with van der Waals surface area (Å²) in [6.07, 6.45) is 0. The summed E-state index contributed by atoms with van der Waals surface area (Å²) in [5, 5.41) is 3.80. The number of anilines is 2. The van der Waals surface area contributed by atoms with Crippen LogP contribution < -0.4 is 14.8 Å². The summed E-state index contributed by atoms with van der Waals surface area (Å²) in [5.74, 6) is 1.12. The fourth-order valence-corrected chi connectivity index (χ4v) is 2.97. The summed E-state index contributed by atoms with van der Waals surface area (Å²) in [4.78, 5) is 4.26. The maximum absolute atomic E-state index is 13.6. The van der Waals surface area contributed by atoms with Gasteiger partial charge in [-0.3, -0.25) is 0 Å². The molecule has 3 aromatic rings. The number of nitrogens with one attached hydrogen (secondary N) is 1. The second-order valence-corrected chi connectivity index (χ2v) is 5.33. The zero-order valence-electron chi connectivity index (χ0n) is 10.2. The number of ether oxygens (including phenoxy) is 2. The Morgan fingerprint density at radius 2 is 2.05 bits per heavy atom. The predicted octanol–water partition coefficient (Wildman–Crippen LogP) is 3.91. The van der Waals surface area contributed by atoms with Gasteiger partial charge in [0.1, 0.15) is 11.3 Å². The Bertz CT molecular complexity index is 803. The third-order valence-corrected chi connectivity index (χ3v) is 3.93. The molecule has 1 aromatic heterocycles. The average Bonchev–Trinajstić information content (AvgIpc) is 3.05. The molecule has 6 heteroatoms. The van der Waals surface area contributed by atoms with Gasteiger partial charge >= 0.3 is 0 Å². The Labute approximate surface area is 117 Å². The predicted molar refractivity (Wildman–Crippen MR) is 75.4 cm³/mol. The smallest absolute Gasteiger partial charge is 0.231 e. The van der Waals surface area contributed by atoms with Crippen molar-refractivity contribution < 1.29 is 13.9 Å². The molecule has 2 heterocycles. The van der Waals surface area contributed by atoms with Crippen LogP contribution in [0.5, 0.6) is 11.5 Å². The van der Waals surface area contributed by atoms with Crippen LogP contribution in [0.2, 0.25) is 0 Å². The molecule has 0 bridgehead atoms. The third kappa shape index (κ3) is 1.85. The molecule has 2 aromatic carbocycles. The van der Waals surface area contributed by atoms with Crippen LogP contribution in [0.1, 0.15) is 0 Å². The first-order valence-electron chi connectivity index (χ1n) is 6.01. The van der Waals surface area contributed by atoms with Crippen molar-refractivity contribution in [2.24, 2.45) is 0 Å². The highest BCUT2D eigenvalue weighted by Crippen LogP contribution is 2.36. The van der Waals surface area contributed by atoms with E-state index in [9.17, 15) is 4.39 Å². The highest BCUT2D eigenvalue weighted by Gasteiger charge is 2.14. The molecule has 0 spiro atoms. The van der Waals surface area contributed by atoms with Crippen LogP contribution >= 0.6 is 11.3 Å². The van der Waals surface area contributed by atoms with E-state index in [1.807, 2.05) is 24.3 Å². The van der Waals surface area contributed by atoms with E-state index in [4.69, 9.17) is 9.47 Å². The van der Waals surface area contributed by atoms with Gasteiger partial charge in [-0.2, -0.15) is 0 Å². The van der Waals surface area contributed by atoms with Gasteiger partial charge in [0.25, 0.3) is 0 Å². The highest BCUT2D eigenvalue weighted by molar-refractivity contribution is 7.22. The standard InChI is InChI=1S/C14H9FN2O2S/c15-9-2-1-3-12-13(9)17-14(20-12)16-8-4-5-10-11(6-8)19-7-18-10/h1-6H,7H2,(H,16,17). The molecular formula is C14H9FN2O2S. The van der Waals surface area contributed by atoms with Gasteiger partial charge in [0.2, 0.25) is 6.79 Å². The Morgan fingerprint density at radius 3 is 2.95 bits per heavy atom. The third-order valence-electron chi connectivity index (χ3n) is 2.99. The van der Waals surface area contributed by atoms with E-state index in [0.717, 1.165) is 16.1 Å².